The third-order valence-electron chi connectivity index (χ3n) is 8.99. The summed E-state index contributed by atoms with van der Waals surface area (Å²) in [6.45, 7) is 8.59. The molecule has 8 rings (SSSR count). The lowest BCUT2D eigenvalue weighted by atomic mass is 9.83. The Hall–Kier alpha value is -5.72. The molecule has 0 aliphatic heterocycles. The van der Waals surface area contributed by atoms with Gasteiger partial charge in [-0.1, -0.05) is 159 Å². The Morgan fingerprint density at radius 1 is 0.341 bits per heavy atom. The van der Waals surface area contributed by atoms with Crippen molar-refractivity contribution in [1.82, 2.24) is 0 Å². The summed E-state index contributed by atoms with van der Waals surface area (Å²) >= 11 is 0. The van der Waals surface area contributed by atoms with Crippen LogP contribution >= 0.6 is 0 Å². The van der Waals surface area contributed by atoms with E-state index in [9.17, 15) is 0 Å². The van der Waals surface area contributed by atoms with Gasteiger partial charge in [0.2, 0.25) is 0 Å². The number of hydrogen-bond acceptors (Lipinski definition) is 0. The molecule has 8 aromatic rings. The first-order valence-corrected chi connectivity index (χ1v) is 15.1. The largest absolute Gasteiger partial charge is 0.0984 e. The van der Waals surface area contributed by atoms with Crippen LogP contribution in [-0.4, -0.2) is 0 Å². The summed E-state index contributed by atoms with van der Waals surface area (Å²) in [6.07, 6.45) is 3.99. The fraction of sp³-hybridized carbons (Fsp3) is 0. The van der Waals surface area contributed by atoms with Crippen molar-refractivity contribution >= 4 is 55.2 Å². The Morgan fingerprint density at radius 2 is 0.818 bits per heavy atom. The molecule has 0 bridgehead atoms. The van der Waals surface area contributed by atoms with Crippen LogP contribution in [0.1, 0.15) is 11.1 Å². The summed E-state index contributed by atoms with van der Waals surface area (Å²) in [5.74, 6) is 0. The van der Waals surface area contributed by atoms with Crippen molar-refractivity contribution in [3.8, 4) is 33.4 Å². The quantitative estimate of drug-likeness (QED) is 0.184. The van der Waals surface area contributed by atoms with Crippen LogP contribution in [0.3, 0.4) is 0 Å². The first-order valence-electron chi connectivity index (χ1n) is 15.1. The van der Waals surface area contributed by atoms with Crippen molar-refractivity contribution in [2.75, 3.05) is 0 Å². The molecule has 0 nitrogen and oxygen atoms in total. The van der Waals surface area contributed by atoms with Crippen LogP contribution in [0.25, 0.3) is 88.6 Å². The summed E-state index contributed by atoms with van der Waals surface area (Å²) in [5, 5.41) is 9.97. The predicted molar refractivity (Wildman–Crippen MR) is 193 cm³/mol. The van der Waals surface area contributed by atoms with Gasteiger partial charge in [0.05, 0.1) is 0 Å². The summed E-state index contributed by atoms with van der Waals surface area (Å²) in [4.78, 5) is 0. The Labute approximate surface area is 257 Å². The standard InChI is InChI=1S/C44H30/c1-3-35-36(4-2)44(34-26-21-29-13-5-6-14-32(29)27-34)41-20-12-11-19-40(41)43(35)31-24-22-30(23-25-31)42-28-33-15-7-8-16-37(33)38-17-9-10-18-39(38)42/h3-28H,1-2H2. The summed E-state index contributed by atoms with van der Waals surface area (Å²) < 4.78 is 0. The molecule has 0 amide bonds. The molecule has 0 radical (unpaired) electrons. The fourth-order valence-electron chi connectivity index (χ4n) is 6.98. The zero-order valence-corrected chi connectivity index (χ0v) is 24.4. The highest BCUT2D eigenvalue weighted by atomic mass is 14.2. The van der Waals surface area contributed by atoms with Crippen molar-refractivity contribution in [3.63, 3.8) is 0 Å². The van der Waals surface area contributed by atoms with Gasteiger partial charge in [-0.2, -0.15) is 0 Å². The van der Waals surface area contributed by atoms with Gasteiger partial charge in [0, 0.05) is 0 Å². The lowest BCUT2D eigenvalue weighted by molar-refractivity contribution is 1.58. The van der Waals surface area contributed by atoms with E-state index in [1.807, 2.05) is 12.2 Å². The molecule has 44 heavy (non-hydrogen) atoms. The highest BCUT2D eigenvalue weighted by Gasteiger charge is 2.19. The molecule has 0 saturated heterocycles. The summed E-state index contributed by atoms with van der Waals surface area (Å²) in [7, 11) is 0. The van der Waals surface area contributed by atoms with Gasteiger partial charge < -0.3 is 0 Å². The molecule has 0 heteroatoms. The first kappa shape index (κ1) is 25.9. The second kappa shape index (κ2) is 10.5. The normalized spacial score (nSPS) is 11.4. The lowest BCUT2D eigenvalue weighted by Crippen LogP contribution is -1.96. The van der Waals surface area contributed by atoms with E-state index in [0.29, 0.717) is 0 Å². The van der Waals surface area contributed by atoms with Crippen molar-refractivity contribution in [2.45, 2.75) is 0 Å². The van der Waals surface area contributed by atoms with Crippen molar-refractivity contribution < 1.29 is 0 Å². The topological polar surface area (TPSA) is 0 Å². The molecular weight excluding hydrogens is 528 g/mol. The maximum atomic E-state index is 4.30. The van der Waals surface area contributed by atoms with Gasteiger partial charge in [0.25, 0.3) is 0 Å². The second-order valence-electron chi connectivity index (χ2n) is 11.4. The highest BCUT2D eigenvalue weighted by Crippen LogP contribution is 2.44. The molecule has 0 fully saturated rings. The molecule has 0 unspecified atom stereocenters. The van der Waals surface area contributed by atoms with E-state index in [1.165, 1.54) is 70.9 Å². The number of hydrogen-bond donors (Lipinski definition) is 0. The highest BCUT2D eigenvalue weighted by molar-refractivity contribution is 6.15. The molecular formula is C44H30. The van der Waals surface area contributed by atoms with Crippen LogP contribution in [0.15, 0.2) is 159 Å². The van der Waals surface area contributed by atoms with Crippen molar-refractivity contribution in [1.29, 1.82) is 0 Å². The van der Waals surface area contributed by atoms with Gasteiger partial charge in [-0.15, -0.1) is 0 Å². The van der Waals surface area contributed by atoms with E-state index in [4.69, 9.17) is 0 Å². The van der Waals surface area contributed by atoms with E-state index in [2.05, 4.69) is 159 Å². The van der Waals surface area contributed by atoms with E-state index in [1.54, 1.807) is 0 Å². The second-order valence-corrected chi connectivity index (χ2v) is 11.4. The average molecular weight is 559 g/mol. The molecule has 206 valence electrons. The van der Waals surface area contributed by atoms with Gasteiger partial charge in [0.1, 0.15) is 0 Å². The minimum Gasteiger partial charge on any atom is -0.0984 e. The van der Waals surface area contributed by atoms with Gasteiger partial charge >= 0.3 is 0 Å². The maximum Gasteiger partial charge on any atom is -0.00264 e. The van der Waals surface area contributed by atoms with Crippen LogP contribution in [0.5, 0.6) is 0 Å². The molecule has 0 heterocycles. The van der Waals surface area contributed by atoms with Gasteiger partial charge in [-0.05, 0) is 99.7 Å². The van der Waals surface area contributed by atoms with E-state index in [-0.39, 0.29) is 0 Å². The predicted octanol–water partition coefficient (Wildman–Crippen LogP) is 12.6. The van der Waals surface area contributed by atoms with Crippen LogP contribution in [0.2, 0.25) is 0 Å². The van der Waals surface area contributed by atoms with E-state index < -0.39 is 0 Å². The van der Waals surface area contributed by atoms with Crippen LogP contribution in [-0.2, 0) is 0 Å². The third kappa shape index (κ3) is 4.07. The maximum absolute atomic E-state index is 4.30. The van der Waals surface area contributed by atoms with Crippen LogP contribution in [0.4, 0.5) is 0 Å². The Bertz CT molecular complexity index is 2400. The van der Waals surface area contributed by atoms with Gasteiger partial charge in [-0.25, -0.2) is 0 Å². The molecule has 0 spiro atoms. The monoisotopic (exact) mass is 558 g/mol. The fourth-order valence-corrected chi connectivity index (χ4v) is 6.98. The number of rotatable bonds is 5. The van der Waals surface area contributed by atoms with Crippen LogP contribution in [0, 0.1) is 0 Å². The molecule has 0 aliphatic carbocycles. The minimum atomic E-state index is 1.10. The Morgan fingerprint density at radius 3 is 1.48 bits per heavy atom. The number of benzene rings is 8. The average Bonchev–Trinajstić information content (AvgIpc) is 3.10. The van der Waals surface area contributed by atoms with Crippen molar-refractivity contribution in [2.24, 2.45) is 0 Å². The SMILES string of the molecule is C=Cc1c(C=C)c(-c2ccc3ccccc3c2)c2ccccc2c1-c1ccc(-c2cc3ccccc3c3ccccc23)cc1. The molecule has 0 aromatic heterocycles. The lowest BCUT2D eigenvalue weighted by Gasteiger charge is -2.20. The molecule has 8 aromatic carbocycles. The summed E-state index contributed by atoms with van der Waals surface area (Å²) in [6, 6.07) is 52.7. The first-order chi connectivity index (χ1) is 21.7. The zero-order valence-electron chi connectivity index (χ0n) is 24.4. The number of fused-ring (bicyclic) bond motifs is 5. The zero-order chi connectivity index (χ0) is 29.6. The van der Waals surface area contributed by atoms with Gasteiger partial charge in [-0.3, -0.25) is 0 Å². The Balaban J connectivity index is 1.34. The van der Waals surface area contributed by atoms with E-state index >= 15 is 0 Å². The molecule has 0 N–H and O–H groups in total. The van der Waals surface area contributed by atoms with Gasteiger partial charge in [0.15, 0.2) is 0 Å². The van der Waals surface area contributed by atoms with E-state index in [0.717, 1.165) is 16.7 Å². The minimum absolute atomic E-state index is 1.10. The molecule has 0 aliphatic rings. The molecule has 0 saturated carbocycles. The Kier molecular flexibility index (Phi) is 6.21. The third-order valence-corrected chi connectivity index (χ3v) is 8.99. The van der Waals surface area contributed by atoms with Crippen molar-refractivity contribution in [3.05, 3.63) is 170 Å². The summed E-state index contributed by atoms with van der Waals surface area (Å²) in [5.41, 5.74) is 9.39. The molecule has 0 atom stereocenters. The van der Waals surface area contributed by atoms with Crippen LogP contribution < -0.4 is 0 Å². The smallest absolute Gasteiger partial charge is 0.00264 e.